The fraction of sp³-hybridized carbons (Fsp3) is 0.375. The molecule has 0 aliphatic rings. The molecule has 5 nitrogen and oxygen atoms in total. The standard InChI is InChI=1S/C8H13N3O2S/c1-3-11(14(2,12)13)8-7(9)5-4-6-10-8/h4-6H,3,9H2,1-2H3. The van der Waals surface area contributed by atoms with Crippen molar-refractivity contribution in [3.63, 3.8) is 0 Å². The Labute approximate surface area is 83.6 Å². The lowest BCUT2D eigenvalue weighted by molar-refractivity contribution is 0.597. The van der Waals surface area contributed by atoms with Gasteiger partial charge in [0.25, 0.3) is 0 Å². The van der Waals surface area contributed by atoms with Gasteiger partial charge < -0.3 is 5.73 Å². The van der Waals surface area contributed by atoms with Gasteiger partial charge in [-0.2, -0.15) is 0 Å². The number of nitrogen functional groups attached to an aromatic ring is 1. The molecule has 0 spiro atoms. The maximum atomic E-state index is 11.3. The van der Waals surface area contributed by atoms with Crippen LogP contribution in [0.3, 0.4) is 0 Å². The lowest BCUT2D eigenvalue weighted by Gasteiger charge is -2.20. The molecule has 0 bridgehead atoms. The molecule has 0 amide bonds. The maximum absolute atomic E-state index is 11.3. The van der Waals surface area contributed by atoms with Crippen LogP contribution >= 0.6 is 0 Å². The molecule has 0 aromatic carbocycles. The summed E-state index contributed by atoms with van der Waals surface area (Å²) < 4.78 is 23.9. The van der Waals surface area contributed by atoms with E-state index in [-0.39, 0.29) is 5.82 Å². The molecule has 0 saturated carbocycles. The van der Waals surface area contributed by atoms with E-state index in [1.165, 1.54) is 10.5 Å². The van der Waals surface area contributed by atoms with Crippen molar-refractivity contribution in [2.75, 3.05) is 22.8 Å². The highest BCUT2D eigenvalue weighted by molar-refractivity contribution is 7.92. The summed E-state index contributed by atoms with van der Waals surface area (Å²) in [5.41, 5.74) is 5.99. The van der Waals surface area contributed by atoms with E-state index in [1.54, 1.807) is 19.1 Å². The molecule has 0 fully saturated rings. The third-order valence-corrected chi connectivity index (χ3v) is 2.97. The minimum Gasteiger partial charge on any atom is -0.396 e. The summed E-state index contributed by atoms with van der Waals surface area (Å²) >= 11 is 0. The molecule has 1 aromatic rings. The van der Waals surface area contributed by atoms with Crippen LogP contribution in [0.1, 0.15) is 6.92 Å². The lowest BCUT2D eigenvalue weighted by Crippen LogP contribution is -2.30. The molecule has 1 aromatic heterocycles. The van der Waals surface area contributed by atoms with E-state index >= 15 is 0 Å². The lowest BCUT2D eigenvalue weighted by atomic mass is 10.4. The Balaban J connectivity index is 3.21. The summed E-state index contributed by atoms with van der Waals surface area (Å²) in [4.78, 5) is 3.94. The minimum absolute atomic E-state index is 0.289. The molecule has 14 heavy (non-hydrogen) atoms. The molecule has 1 rings (SSSR count). The van der Waals surface area contributed by atoms with Crippen LogP contribution in [0.15, 0.2) is 18.3 Å². The largest absolute Gasteiger partial charge is 0.396 e. The van der Waals surface area contributed by atoms with Gasteiger partial charge in [0.05, 0.1) is 11.9 Å². The summed E-state index contributed by atoms with van der Waals surface area (Å²) in [5.74, 6) is 0.289. The van der Waals surface area contributed by atoms with Crippen molar-refractivity contribution in [2.45, 2.75) is 6.92 Å². The highest BCUT2D eigenvalue weighted by Gasteiger charge is 2.18. The molecule has 0 atom stereocenters. The number of aromatic nitrogens is 1. The number of sulfonamides is 1. The van der Waals surface area contributed by atoms with Crippen LogP contribution in [-0.4, -0.2) is 26.2 Å². The summed E-state index contributed by atoms with van der Waals surface area (Å²) in [6, 6.07) is 3.28. The van der Waals surface area contributed by atoms with E-state index in [0.717, 1.165) is 6.26 Å². The number of anilines is 2. The summed E-state index contributed by atoms with van der Waals surface area (Å²) in [6.45, 7) is 2.05. The van der Waals surface area contributed by atoms with Crippen LogP contribution in [0.25, 0.3) is 0 Å². The van der Waals surface area contributed by atoms with Crippen LogP contribution in [0.4, 0.5) is 11.5 Å². The van der Waals surface area contributed by atoms with E-state index in [4.69, 9.17) is 5.73 Å². The number of hydrogen-bond acceptors (Lipinski definition) is 4. The molecule has 78 valence electrons. The Morgan fingerprint density at radius 3 is 2.64 bits per heavy atom. The first kappa shape index (κ1) is 10.8. The van der Waals surface area contributed by atoms with Crippen molar-refractivity contribution < 1.29 is 8.42 Å². The number of rotatable bonds is 3. The van der Waals surface area contributed by atoms with Gasteiger partial charge in [-0.05, 0) is 19.1 Å². The quantitative estimate of drug-likeness (QED) is 0.794. The van der Waals surface area contributed by atoms with E-state index in [1.807, 2.05) is 0 Å². The van der Waals surface area contributed by atoms with Gasteiger partial charge >= 0.3 is 0 Å². The van der Waals surface area contributed by atoms with E-state index in [0.29, 0.717) is 12.2 Å². The summed E-state index contributed by atoms with van der Waals surface area (Å²) in [6.07, 6.45) is 2.64. The van der Waals surface area contributed by atoms with Crippen LogP contribution in [-0.2, 0) is 10.0 Å². The highest BCUT2D eigenvalue weighted by Crippen LogP contribution is 2.20. The Hall–Kier alpha value is -1.30. The average Bonchev–Trinajstić information content (AvgIpc) is 2.07. The van der Waals surface area contributed by atoms with E-state index in [9.17, 15) is 8.42 Å². The maximum Gasteiger partial charge on any atom is 0.233 e. The number of hydrogen-bond donors (Lipinski definition) is 1. The number of nitrogens with two attached hydrogens (primary N) is 1. The third kappa shape index (κ3) is 2.14. The van der Waals surface area contributed by atoms with E-state index in [2.05, 4.69) is 4.98 Å². The van der Waals surface area contributed by atoms with Crippen molar-refractivity contribution in [3.05, 3.63) is 18.3 Å². The normalized spacial score (nSPS) is 11.3. The SMILES string of the molecule is CCN(c1ncccc1N)S(C)(=O)=O. The van der Waals surface area contributed by atoms with Crippen LogP contribution < -0.4 is 10.0 Å². The zero-order valence-corrected chi connectivity index (χ0v) is 8.95. The fourth-order valence-electron chi connectivity index (χ4n) is 1.16. The molecule has 1 heterocycles. The zero-order chi connectivity index (χ0) is 10.8. The first-order chi connectivity index (χ1) is 6.46. The third-order valence-electron chi connectivity index (χ3n) is 1.74. The zero-order valence-electron chi connectivity index (χ0n) is 8.14. The van der Waals surface area contributed by atoms with Gasteiger partial charge in [-0.1, -0.05) is 0 Å². The van der Waals surface area contributed by atoms with Gasteiger partial charge in [-0.15, -0.1) is 0 Å². The Kier molecular flexibility index (Phi) is 2.95. The van der Waals surface area contributed by atoms with Crippen molar-refractivity contribution in [3.8, 4) is 0 Å². The van der Waals surface area contributed by atoms with Crippen molar-refractivity contribution in [1.29, 1.82) is 0 Å². The Bertz CT molecular complexity index is 416. The molecule has 0 radical (unpaired) electrons. The van der Waals surface area contributed by atoms with Gasteiger partial charge in [-0.25, -0.2) is 13.4 Å². The second-order valence-electron chi connectivity index (χ2n) is 2.84. The average molecular weight is 215 g/mol. The second-order valence-corrected chi connectivity index (χ2v) is 4.75. The van der Waals surface area contributed by atoms with Crippen molar-refractivity contribution in [1.82, 2.24) is 4.98 Å². The van der Waals surface area contributed by atoms with Crippen LogP contribution in [0.5, 0.6) is 0 Å². The van der Waals surface area contributed by atoms with Gasteiger partial charge in [0.1, 0.15) is 0 Å². The Morgan fingerprint density at radius 1 is 1.57 bits per heavy atom. The van der Waals surface area contributed by atoms with Crippen molar-refractivity contribution >= 4 is 21.5 Å². The molecule has 0 aliphatic heterocycles. The van der Waals surface area contributed by atoms with Crippen molar-refractivity contribution in [2.24, 2.45) is 0 Å². The molecule has 0 aliphatic carbocycles. The highest BCUT2D eigenvalue weighted by atomic mass is 32.2. The topological polar surface area (TPSA) is 76.3 Å². The predicted octanol–water partition coefficient (Wildman–Crippen LogP) is 0.450. The van der Waals surface area contributed by atoms with Gasteiger partial charge in [0.2, 0.25) is 10.0 Å². The fourth-order valence-corrected chi connectivity index (χ4v) is 2.09. The van der Waals surface area contributed by atoms with Gasteiger partial charge in [0, 0.05) is 12.7 Å². The molecule has 0 saturated heterocycles. The molecule has 6 heteroatoms. The smallest absolute Gasteiger partial charge is 0.233 e. The van der Waals surface area contributed by atoms with Crippen LogP contribution in [0.2, 0.25) is 0 Å². The minimum atomic E-state index is -3.30. The monoisotopic (exact) mass is 215 g/mol. The van der Waals surface area contributed by atoms with Gasteiger partial charge in [-0.3, -0.25) is 4.31 Å². The summed E-state index contributed by atoms with van der Waals surface area (Å²) in [7, 11) is -3.30. The van der Waals surface area contributed by atoms with Gasteiger partial charge in [0.15, 0.2) is 5.82 Å². The number of pyridine rings is 1. The Morgan fingerprint density at radius 2 is 2.21 bits per heavy atom. The second kappa shape index (κ2) is 3.83. The molecular formula is C8H13N3O2S. The van der Waals surface area contributed by atoms with Crippen LogP contribution in [0, 0.1) is 0 Å². The molecular weight excluding hydrogens is 202 g/mol. The first-order valence-electron chi connectivity index (χ1n) is 4.15. The first-order valence-corrected chi connectivity index (χ1v) is 6.00. The van der Waals surface area contributed by atoms with E-state index < -0.39 is 10.0 Å². The molecule has 2 N–H and O–H groups in total. The summed E-state index contributed by atoms with van der Waals surface area (Å²) in [5, 5.41) is 0. The number of nitrogens with zero attached hydrogens (tertiary/aromatic N) is 2. The predicted molar refractivity (Wildman–Crippen MR) is 56.5 cm³/mol. The molecule has 0 unspecified atom stereocenters.